The molecular formula is C14H25IN4O. The Balaban J connectivity index is 0.00000200. The summed E-state index contributed by atoms with van der Waals surface area (Å²) in [4.78, 5) is 8.50. The van der Waals surface area contributed by atoms with Crippen LogP contribution in [0.4, 0.5) is 0 Å². The first-order valence-electron chi connectivity index (χ1n) is 6.91. The van der Waals surface area contributed by atoms with Crippen LogP contribution in [0.2, 0.25) is 0 Å². The van der Waals surface area contributed by atoms with Crippen LogP contribution in [0.3, 0.4) is 0 Å². The van der Waals surface area contributed by atoms with Crippen LogP contribution >= 0.6 is 24.0 Å². The van der Waals surface area contributed by atoms with Crippen LogP contribution in [-0.2, 0) is 12.0 Å². The number of guanidine groups is 1. The number of rotatable bonds is 3. The summed E-state index contributed by atoms with van der Waals surface area (Å²) in [6, 6.07) is 0.570. The smallest absolute Gasteiger partial charge is 0.213 e. The highest BCUT2D eigenvalue weighted by atomic mass is 127. The maximum absolute atomic E-state index is 5.73. The SMILES string of the molecule is CN=C(NCc1ncc(C(C)(C)C)o1)NC1CCC1.I. The minimum absolute atomic E-state index is 0. The first-order chi connectivity index (χ1) is 8.99. The van der Waals surface area contributed by atoms with Gasteiger partial charge in [-0.25, -0.2) is 4.98 Å². The summed E-state index contributed by atoms with van der Waals surface area (Å²) in [5.74, 6) is 2.42. The van der Waals surface area contributed by atoms with Crippen LogP contribution in [0.5, 0.6) is 0 Å². The van der Waals surface area contributed by atoms with E-state index in [1.165, 1.54) is 19.3 Å². The fourth-order valence-electron chi connectivity index (χ4n) is 1.84. The van der Waals surface area contributed by atoms with Gasteiger partial charge >= 0.3 is 0 Å². The molecule has 1 aliphatic carbocycles. The molecule has 1 aromatic heterocycles. The van der Waals surface area contributed by atoms with Crippen LogP contribution in [0.1, 0.15) is 51.7 Å². The van der Waals surface area contributed by atoms with Crippen molar-refractivity contribution in [2.24, 2.45) is 4.99 Å². The quantitative estimate of drug-likeness (QED) is 0.472. The van der Waals surface area contributed by atoms with E-state index in [2.05, 4.69) is 41.4 Å². The molecule has 1 aromatic rings. The molecule has 2 rings (SSSR count). The molecule has 1 fully saturated rings. The Hall–Kier alpha value is -0.790. The predicted molar refractivity (Wildman–Crippen MR) is 91.6 cm³/mol. The van der Waals surface area contributed by atoms with Crippen molar-refractivity contribution in [1.29, 1.82) is 0 Å². The normalized spacial score (nSPS) is 16.3. The fourth-order valence-corrected chi connectivity index (χ4v) is 1.84. The zero-order valence-electron chi connectivity index (χ0n) is 12.7. The molecule has 6 heteroatoms. The molecular weight excluding hydrogens is 367 g/mol. The van der Waals surface area contributed by atoms with Crippen molar-refractivity contribution in [2.75, 3.05) is 7.05 Å². The molecule has 0 atom stereocenters. The molecule has 0 unspecified atom stereocenters. The van der Waals surface area contributed by atoms with Crippen LogP contribution in [0.25, 0.3) is 0 Å². The van der Waals surface area contributed by atoms with Crippen molar-refractivity contribution in [3.63, 3.8) is 0 Å². The molecule has 0 aliphatic heterocycles. The molecule has 0 radical (unpaired) electrons. The van der Waals surface area contributed by atoms with Crippen molar-refractivity contribution in [1.82, 2.24) is 15.6 Å². The van der Waals surface area contributed by atoms with Crippen LogP contribution in [0, 0.1) is 0 Å². The molecule has 114 valence electrons. The third kappa shape index (κ3) is 4.64. The number of oxazole rings is 1. The average Bonchev–Trinajstić information content (AvgIpc) is 2.75. The van der Waals surface area contributed by atoms with Gasteiger partial charge in [0.2, 0.25) is 5.89 Å². The van der Waals surface area contributed by atoms with Gasteiger partial charge in [-0.2, -0.15) is 0 Å². The van der Waals surface area contributed by atoms with E-state index in [0.717, 1.165) is 11.7 Å². The van der Waals surface area contributed by atoms with E-state index in [1.807, 2.05) is 0 Å². The van der Waals surface area contributed by atoms with Crippen LogP contribution < -0.4 is 10.6 Å². The summed E-state index contributed by atoms with van der Waals surface area (Å²) in [7, 11) is 1.78. The molecule has 2 N–H and O–H groups in total. The van der Waals surface area contributed by atoms with Crippen molar-refractivity contribution in [2.45, 2.75) is 58.0 Å². The Labute approximate surface area is 138 Å². The van der Waals surface area contributed by atoms with E-state index in [9.17, 15) is 0 Å². The first-order valence-corrected chi connectivity index (χ1v) is 6.91. The van der Waals surface area contributed by atoms with Gasteiger partial charge in [-0.05, 0) is 19.3 Å². The number of nitrogens with one attached hydrogen (secondary N) is 2. The van der Waals surface area contributed by atoms with Gasteiger partial charge in [0, 0.05) is 18.5 Å². The van der Waals surface area contributed by atoms with Crippen LogP contribution in [-0.4, -0.2) is 24.0 Å². The van der Waals surface area contributed by atoms with E-state index in [1.54, 1.807) is 13.2 Å². The Morgan fingerprint density at radius 2 is 2.15 bits per heavy atom. The highest BCUT2D eigenvalue weighted by Crippen LogP contribution is 2.22. The third-order valence-corrected chi connectivity index (χ3v) is 3.37. The molecule has 20 heavy (non-hydrogen) atoms. The lowest BCUT2D eigenvalue weighted by Crippen LogP contribution is -2.46. The maximum atomic E-state index is 5.73. The summed E-state index contributed by atoms with van der Waals surface area (Å²) in [5.41, 5.74) is -0.00287. The number of aliphatic imine (C=N–C) groups is 1. The molecule has 0 aromatic carbocycles. The largest absolute Gasteiger partial charge is 0.443 e. The Bertz CT molecular complexity index is 446. The summed E-state index contributed by atoms with van der Waals surface area (Å²) in [5, 5.41) is 6.61. The van der Waals surface area contributed by atoms with Gasteiger partial charge in [-0.1, -0.05) is 20.8 Å². The summed E-state index contributed by atoms with van der Waals surface area (Å²) < 4.78 is 5.73. The highest BCUT2D eigenvalue weighted by molar-refractivity contribution is 14.0. The van der Waals surface area contributed by atoms with Crippen molar-refractivity contribution >= 4 is 29.9 Å². The average molecular weight is 392 g/mol. The second kappa shape index (κ2) is 7.28. The molecule has 0 bridgehead atoms. The van der Waals surface area contributed by atoms with E-state index < -0.39 is 0 Å². The topological polar surface area (TPSA) is 62.5 Å². The number of aromatic nitrogens is 1. The fraction of sp³-hybridized carbons (Fsp3) is 0.714. The third-order valence-electron chi connectivity index (χ3n) is 3.37. The molecule has 5 nitrogen and oxygen atoms in total. The van der Waals surface area contributed by atoms with Gasteiger partial charge in [0.05, 0.1) is 12.7 Å². The minimum Gasteiger partial charge on any atom is -0.443 e. The van der Waals surface area contributed by atoms with E-state index in [-0.39, 0.29) is 29.4 Å². The summed E-state index contributed by atoms with van der Waals surface area (Å²) in [6.07, 6.45) is 5.57. The minimum atomic E-state index is -0.00287. The Morgan fingerprint density at radius 1 is 1.45 bits per heavy atom. The summed E-state index contributed by atoms with van der Waals surface area (Å²) in [6.45, 7) is 6.90. The zero-order chi connectivity index (χ0) is 13.9. The van der Waals surface area contributed by atoms with Crippen molar-refractivity contribution in [3.05, 3.63) is 17.8 Å². The number of halogens is 1. The van der Waals surface area contributed by atoms with Crippen molar-refractivity contribution < 1.29 is 4.42 Å². The lowest BCUT2D eigenvalue weighted by molar-refractivity contribution is 0.371. The second-order valence-corrected chi connectivity index (χ2v) is 6.07. The van der Waals surface area contributed by atoms with Crippen molar-refractivity contribution in [3.8, 4) is 0 Å². The molecule has 1 heterocycles. The molecule has 0 saturated heterocycles. The predicted octanol–water partition coefficient (Wildman–Crippen LogP) is 2.81. The molecule has 1 saturated carbocycles. The van der Waals surface area contributed by atoms with Gasteiger partial charge in [0.25, 0.3) is 0 Å². The Morgan fingerprint density at radius 3 is 2.60 bits per heavy atom. The maximum Gasteiger partial charge on any atom is 0.213 e. The number of hydrogen-bond acceptors (Lipinski definition) is 3. The summed E-state index contributed by atoms with van der Waals surface area (Å²) >= 11 is 0. The van der Waals surface area contributed by atoms with Gasteiger partial charge < -0.3 is 15.1 Å². The first kappa shape index (κ1) is 17.3. The Kier molecular flexibility index (Phi) is 6.29. The van der Waals surface area contributed by atoms with Gasteiger partial charge in [0.1, 0.15) is 5.76 Å². The number of nitrogens with zero attached hydrogens (tertiary/aromatic N) is 2. The molecule has 0 amide bonds. The lowest BCUT2D eigenvalue weighted by atomic mass is 9.93. The second-order valence-electron chi connectivity index (χ2n) is 6.07. The van der Waals surface area contributed by atoms with E-state index >= 15 is 0 Å². The number of hydrogen-bond donors (Lipinski definition) is 2. The van der Waals surface area contributed by atoms with Gasteiger partial charge in [-0.15, -0.1) is 24.0 Å². The zero-order valence-corrected chi connectivity index (χ0v) is 15.0. The van der Waals surface area contributed by atoms with E-state index in [4.69, 9.17) is 4.42 Å². The monoisotopic (exact) mass is 392 g/mol. The van der Waals surface area contributed by atoms with Gasteiger partial charge in [0.15, 0.2) is 5.96 Å². The standard InChI is InChI=1S/C14H24N4O.HI/c1-14(2,3)11-8-16-12(19-11)9-17-13(15-4)18-10-6-5-7-10;/h8,10H,5-7,9H2,1-4H3,(H2,15,17,18);1H. The molecule has 1 aliphatic rings. The van der Waals surface area contributed by atoms with Gasteiger partial charge in [-0.3, -0.25) is 4.99 Å². The lowest BCUT2D eigenvalue weighted by Gasteiger charge is -2.28. The molecule has 0 spiro atoms. The van der Waals surface area contributed by atoms with E-state index in [0.29, 0.717) is 18.5 Å². The highest BCUT2D eigenvalue weighted by Gasteiger charge is 2.20. The van der Waals surface area contributed by atoms with Crippen LogP contribution in [0.15, 0.2) is 15.6 Å².